The van der Waals surface area contributed by atoms with E-state index >= 15 is 0 Å². The van der Waals surface area contributed by atoms with Crippen molar-refractivity contribution < 1.29 is 4.79 Å². The summed E-state index contributed by atoms with van der Waals surface area (Å²) in [6.07, 6.45) is 9.99. The Morgan fingerprint density at radius 2 is 1.97 bits per heavy atom. The average molecular weight is 614 g/mol. The first-order valence-electron chi connectivity index (χ1n) is 12.1. The van der Waals surface area contributed by atoms with Crippen LogP contribution in [0.1, 0.15) is 36.2 Å². The van der Waals surface area contributed by atoms with Crippen molar-refractivity contribution in [2.45, 2.75) is 30.2 Å². The third kappa shape index (κ3) is 7.45. The van der Waals surface area contributed by atoms with Gasteiger partial charge in [-0.3, -0.25) is 10.2 Å². The molecule has 1 fully saturated rings. The largest absolute Gasteiger partial charge is 0.346 e. The molecule has 0 aromatic heterocycles. The number of halogens is 2. The Bertz CT molecular complexity index is 1180. The summed E-state index contributed by atoms with van der Waals surface area (Å²) in [5.41, 5.74) is 5.88. The number of allylic oxidation sites excluding steroid dienone is 4. The van der Waals surface area contributed by atoms with Gasteiger partial charge >= 0.3 is 0 Å². The summed E-state index contributed by atoms with van der Waals surface area (Å²) in [4.78, 5) is 17.0. The quantitative estimate of drug-likeness (QED) is 0.0805. The number of hydrogen-bond acceptors (Lipinski definition) is 3. The van der Waals surface area contributed by atoms with Crippen molar-refractivity contribution in [3.05, 3.63) is 113 Å². The van der Waals surface area contributed by atoms with Gasteiger partial charge in [0, 0.05) is 23.7 Å². The Morgan fingerprint density at radius 1 is 1.22 bits per heavy atom. The van der Waals surface area contributed by atoms with Gasteiger partial charge in [-0.25, -0.2) is 0 Å². The number of alkyl halides is 1. The van der Waals surface area contributed by atoms with Crippen molar-refractivity contribution in [2.24, 2.45) is 5.92 Å². The normalized spacial score (nSPS) is 18.9. The van der Waals surface area contributed by atoms with Gasteiger partial charge in [0.25, 0.3) is 5.91 Å². The van der Waals surface area contributed by atoms with Crippen LogP contribution in [0.15, 0.2) is 96.9 Å². The molecule has 1 heterocycles. The molecule has 2 aromatic rings. The molecule has 3 rings (SSSR count). The Kier molecular flexibility index (Phi) is 10.2. The van der Waals surface area contributed by atoms with Crippen molar-refractivity contribution >= 4 is 45.8 Å². The molecule has 0 spiro atoms. The first-order valence-corrected chi connectivity index (χ1v) is 13.6. The van der Waals surface area contributed by atoms with E-state index in [-0.39, 0.29) is 5.91 Å². The second-order valence-corrected chi connectivity index (χ2v) is 11.8. The molecule has 2 unspecified atom stereocenters. The van der Waals surface area contributed by atoms with Crippen LogP contribution in [0.5, 0.6) is 0 Å². The number of nitrogens with zero attached hydrogens (tertiary/aromatic N) is 2. The minimum absolute atomic E-state index is 0.0368. The maximum atomic E-state index is 13.0. The fraction of sp³-hybridized carbons (Fsp3) is 0.300. The maximum absolute atomic E-state index is 13.0. The van der Waals surface area contributed by atoms with Crippen molar-refractivity contribution in [1.82, 2.24) is 9.80 Å². The highest BCUT2D eigenvalue weighted by molar-refractivity contribution is 14.1. The lowest BCUT2D eigenvalue weighted by molar-refractivity contribution is 0.0572. The van der Waals surface area contributed by atoms with E-state index in [4.69, 9.17) is 17.0 Å². The van der Waals surface area contributed by atoms with Gasteiger partial charge in [0.05, 0.1) is 12.3 Å². The van der Waals surface area contributed by atoms with Gasteiger partial charge in [-0.15, -0.1) is 5.73 Å². The van der Waals surface area contributed by atoms with Gasteiger partial charge in [0.2, 0.25) is 0 Å². The molecule has 36 heavy (non-hydrogen) atoms. The van der Waals surface area contributed by atoms with Crippen LogP contribution in [-0.4, -0.2) is 44.6 Å². The zero-order chi connectivity index (χ0) is 26.1. The molecule has 2 atom stereocenters. The van der Waals surface area contributed by atoms with E-state index in [9.17, 15) is 4.79 Å². The van der Waals surface area contributed by atoms with Crippen LogP contribution in [-0.2, 0) is 6.42 Å². The Hall–Kier alpha value is -2.60. The molecule has 1 N–H and O–H groups in total. The highest BCUT2D eigenvalue weighted by atomic mass is 127. The van der Waals surface area contributed by atoms with Crippen LogP contribution >= 0.6 is 34.2 Å². The van der Waals surface area contributed by atoms with E-state index in [1.54, 1.807) is 30.3 Å². The highest BCUT2D eigenvalue weighted by Crippen LogP contribution is 2.32. The van der Waals surface area contributed by atoms with E-state index in [2.05, 4.69) is 84.0 Å². The summed E-state index contributed by atoms with van der Waals surface area (Å²) >= 11 is 8.43. The van der Waals surface area contributed by atoms with Gasteiger partial charge in [0.15, 0.2) is 0 Å². The molecule has 188 valence electrons. The summed E-state index contributed by atoms with van der Waals surface area (Å²) in [6, 6.07) is 17.5. The zero-order valence-corrected chi connectivity index (χ0v) is 23.8. The van der Waals surface area contributed by atoms with Gasteiger partial charge in [-0.1, -0.05) is 102 Å². The van der Waals surface area contributed by atoms with Crippen LogP contribution in [0.4, 0.5) is 0 Å². The predicted octanol–water partition coefficient (Wildman–Crippen LogP) is 7.32. The van der Waals surface area contributed by atoms with E-state index in [0.29, 0.717) is 47.5 Å². The van der Waals surface area contributed by atoms with Crippen LogP contribution in [0.3, 0.4) is 0 Å². The van der Waals surface area contributed by atoms with Gasteiger partial charge in [0.1, 0.15) is 9.24 Å². The zero-order valence-electron chi connectivity index (χ0n) is 20.9. The van der Waals surface area contributed by atoms with Crippen molar-refractivity contribution in [3.8, 4) is 0 Å². The molecule has 1 aliphatic rings. The lowest BCUT2D eigenvalue weighted by atomic mass is 9.96. The van der Waals surface area contributed by atoms with Crippen molar-refractivity contribution in [1.29, 1.82) is 5.41 Å². The number of nitrogens with one attached hydrogen (secondary N) is 1. The lowest BCUT2D eigenvalue weighted by Crippen LogP contribution is -2.58. The first-order chi connectivity index (χ1) is 17.2. The number of rotatable bonds is 9. The molecule has 6 heteroatoms. The summed E-state index contributed by atoms with van der Waals surface area (Å²) in [5, 5.41) is 9.21. The van der Waals surface area contributed by atoms with Gasteiger partial charge in [-0.2, -0.15) is 0 Å². The maximum Gasteiger partial charge on any atom is 0.254 e. The summed E-state index contributed by atoms with van der Waals surface area (Å²) < 4.78 is -0.413. The topological polar surface area (TPSA) is 47.4 Å². The minimum Gasteiger partial charge on any atom is -0.346 e. The van der Waals surface area contributed by atoms with Crippen LogP contribution < -0.4 is 0 Å². The highest BCUT2D eigenvalue weighted by Gasteiger charge is 2.39. The van der Waals surface area contributed by atoms with E-state index in [1.807, 2.05) is 23.1 Å². The molecular weight excluding hydrogens is 581 g/mol. The smallest absolute Gasteiger partial charge is 0.254 e. The van der Waals surface area contributed by atoms with E-state index in [1.165, 1.54) is 5.56 Å². The van der Waals surface area contributed by atoms with E-state index in [0.717, 1.165) is 12.8 Å². The second kappa shape index (κ2) is 13.1. The molecule has 0 radical (unpaired) electrons. The van der Waals surface area contributed by atoms with Crippen LogP contribution in [0.2, 0.25) is 5.02 Å². The van der Waals surface area contributed by atoms with Gasteiger partial charge in [-0.05, 0) is 55.5 Å². The number of benzene rings is 2. The number of carbonyl (C=O) groups excluding carboxylic acids is 1. The lowest BCUT2D eigenvalue weighted by Gasteiger charge is -2.47. The summed E-state index contributed by atoms with van der Waals surface area (Å²) in [5.74, 6) is 0.411. The monoisotopic (exact) mass is 613 g/mol. The number of piperazine rings is 1. The van der Waals surface area contributed by atoms with E-state index < -0.39 is 3.55 Å². The SMILES string of the molecule is C=C=C(C(=N)/C=C/C=C/C(CC)Cc1ccccc1)N1CCN(C(=O)c2cccc(Cl)c2)CC1(C)I. The third-order valence-corrected chi connectivity index (χ3v) is 7.47. The molecule has 0 aliphatic carbocycles. The first kappa shape index (κ1) is 28.0. The molecule has 1 saturated heterocycles. The molecular formula is C30H33ClIN3O. The number of hydrogen-bond donors (Lipinski definition) is 1. The molecule has 4 nitrogen and oxygen atoms in total. The third-order valence-electron chi connectivity index (χ3n) is 6.31. The molecule has 0 saturated carbocycles. The Morgan fingerprint density at radius 3 is 2.61 bits per heavy atom. The fourth-order valence-corrected chi connectivity index (χ4v) is 5.43. The van der Waals surface area contributed by atoms with Crippen molar-refractivity contribution in [2.75, 3.05) is 19.6 Å². The minimum atomic E-state index is -0.413. The number of carbonyl (C=O) groups is 1. The second-order valence-electron chi connectivity index (χ2n) is 9.07. The standard InChI is InChI=1S/C30H33ClIN3O/c1-4-23(20-24-13-7-6-8-14-24)12-9-10-17-27(33)28(5-2)35-19-18-34(22-30(35,3)32)29(36)25-15-11-16-26(31)21-25/h6-17,21,23,33H,2,4,18-20,22H2,1,3H3/b12-9+,17-10+,33-27?. The molecule has 2 aromatic carbocycles. The predicted molar refractivity (Wildman–Crippen MR) is 159 cm³/mol. The Labute approximate surface area is 233 Å². The van der Waals surface area contributed by atoms with Crippen molar-refractivity contribution in [3.63, 3.8) is 0 Å². The molecule has 0 bridgehead atoms. The summed E-state index contributed by atoms with van der Waals surface area (Å²) in [7, 11) is 0. The van der Waals surface area contributed by atoms with Crippen LogP contribution in [0.25, 0.3) is 0 Å². The number of amides is 1. The molecule has 1 aliphatic heterocycles. The van der Waals surface area contributed by atoms with Gasteiger partial charge < -0.3 is 9.80 Å². The summed E-state index contributed by atoms with van der Waals surface area (Å²) in [6.45, 7) is 9.76. The molecule has 1 amide bonds. The fourth-order valence-electron chi connectivity index (χ4n) is 4.34. The average Bonchev–Trinajstić information content (AvgIpc) is 2.87. The van der Waals surface area contributed by atoms with Crippen LogP contribution in [0, 0.1) is 11.3 Å². The Balaban J connectivity index is 1.63.